The molecule has 1 fully saturated rings. The van der Waals surface area contributed by atoms with Crippen LogP contribution in [0.3, 0.4) is 0 Å². The molecule has 0 amide bonds. The molecule has 0 bridgehead atoms. The summed E-state index contributed by atoms with van der Waals surface area (Å²) >= 11 is 0. The van der Waals surface area contributed by atoms with Gasteiger partial charge in [-0.25, -0.2) is 4.98 Å². The molecule has 0 aliphatic carbocycles. The predicted octanol–water partition coefficient (Wildman–Crippen LogP) is 2.76. The van der Waals surface area contributed by atoms with Gasteiger partial charge in [-0.3, -0.25) is 4.90 Å². The average Bonchev–Trinajstić information content (AvgIpc) is 3.08. The van der Waals surface area contributed by atoms with E-state index in [0.717, 1.165) is 6.07 Å². The van der Waals surface area contributed by atoms with E-state index in [-0.39, 0.29) is 41.1 Å². The van der Waals surface area contributed by atoms with E-state index in [1.54, 1.807) is 12.1 Å². The summed E-state index contributed by atoms with van der Waals surface area (Å²) in [5, 5.41) is 32.5. The number of nitrogens with zero attached hydrogens (tertiary/aromatic N) is 3. The molecule has 0 unspecified atom stereocenters. The highest BCUT2D eigenvalue weighted by atomic mass is 19.4. The van der Waals surface area contributed by atoms with Crippen LogP contribution in [0.15, 0.2) is 28.7 Å². The largest absolute Gasteiger partial charge is 0.507 e. The molecular formula is C21H23F3N4O4. The maximum absolute atomic E-state index is 13.0. The minimum Gasteiger partial charge on any atom is -0.507 e. The number of benzene rings is 1. The number of alkyl halides is 3. The Kier molecular flexibility index (Phi) is 5.97. The van der Waals surface area contributed by atoms with Crippen molar-refractivity contribution in [3.8, 4) is 17.0 Å². The smallest absolute Gasteiger partial charge is 0.416 e. The number of fused-ring (bicyclic) bond motifs is 1. The van der Waals surface area contributed by atoms with E-state index < -0.39 is 23.6 Å². The average molecular weight is 452 g/mol. The van der Waals surface area contributed by atoms with Crippen LogP contribution in [0.4, 0.5) is 19.2 Å². The molecule has 3 heterocycles. The number of piperidine rings is 1. The minimum atomic E-state index is -4.57. The first kappa shape index (κ1) is 22.3. The standard InChI is InChI=1S/C21H23F3N4O4/c1-11-6-12(21(22,23)24)7-16(31)18(11)15-2-3-17-19(26-15)27-20(32-17)25-13-8-14(30)10-28(9-13)4-5-29/h2-3,6-7,13-14,29-31H,4-5,8-10H2,1H3,(H,25,26,27)/t13-,14+/m1/s1. The Morgan fingerprint density at radius 1 is 1.22 bits per heavy atom. The van der Waals surface area contributed by atoms with Crippen molar-refractivity contribution in [2.45, 2.75) is 31.7 Å². The maximum Gasteiger partial charge on any atom is 0.416 e. The summed E-state index contributed by atoms with van der Waals surface area (Å²) in [4.78, 5) is 10.6. The summed E-state index contributed by atoms with van der Waals surface area (Å²) in [5.74, 6) is -0.522. The van der Waals surface area contributed by atoms with Crippen LogP contribution in [0.2, 0.25) is 0 Å². The number of oxazole rings is 1. The van der Waals surface area contributed by atoms with Crippen molar-refractivity contribution in [3.05, 3.63) is 35.4 Å². The molecule has 0 radical (unpaired) electrons. The Morgan fingerprint density at radius 3 is 2.69 bits per heavy atom. The first-order valence-electron chi connectivity index (χ1n) is 10.1. The quantitative estimate of drug-likeness (QED) is 0.467. The zero-order valence-corrected chi connectivity index (χ0v) is 17.2. The number of aromatic hydroxyl groups is 1. The number of phenolic OH excluding ortho intramolecular Hbond substituents is 1. The fraction of sp³-hybridized carbons (Fsp3) is 0.429. The number of likely N-dealkylation sites (tertiary alicyclic amines) is 1. The van der Waals surface area contributed by atoms with Gasteiger partial charge in [0.2, 0.25) is 5.65 Å². The summed E-state index contributed by atoms with van der Waals surface area (Å²) in [6.07, 6.45) is -4.63. The fourth-order valence-electron chi connectivity index (χ4n) is 4.05. The normalized spacial score (nSPS) is 20.1. The summed E-state index contributed by atoms with van der Waals surface area (Å²) in [6.45, 7) is 2.98. The molecule has 1 saturated heterocycles. The number of nitrogens with one attached hydrogen (secondary N) is 1. The second-order valence-electron chi connectivity index (χ2n) is 7.94. The molecule has 11 heteroatoms. The van der Waals surface area contributed by atoms with Gasteiger partial charge in [0.15, 0.2) is 5.58 Å². The van der Waals surface area contributed by atoms with Crippen LogP contribution in [-0.2, 0) is 6.18 Å². The second kappa shape index (κ2) is 8.57. The fourth-order valence-corrected chi connectivity index (χ4v) is 4.05. The highest BCUT2D eigenvalue weighted by Crippen LogP contribution is 2.39. The number of aryl methyl sites for hydroxylation is 1. The molecule has 4 rings (SSSR count). The lowest BCUT2D eigenvalue weighted by molar-refractivity contribution is -0.137. The third kappa shape index (κ3) is 4.64. The monoisotopic (exact) mass is 452 g/mol. The lowest BCUT2D eigenvalue weighted by Crippen LogP contribution is -2.49. The molecule has 4 N–H and O–H groups in total. The highest BCUT2D eigenvalue weighted by molar-refractivity contribution is 5.78. The first-order chi connectivity index (χ1) is 15.1. The number of rotatable bonds is 5. The Bertz CT molecular complexity index is 1100. The Balaban J connectivity index is 1.59. The van der Waals surface area contributed by atoms with Crippen molar-refractivity contribution in [2.24, 2.45) is 0 Å². The number of halogens is 3. The molecule has 1 aliphatic rings. The Labute approximate surface area is 181 Å². The van der Waals surface area contributed by atoms with Crippen molar-refractivity contribution in [1.29, 1.82) is 0 Å². The zero-order chi connectivity index (χ0) is 23.0. The van der Waals surface area contributed by atoms with E-state index in [0.29, 0.717) is 37.7 Å². The number of pyridine rings is 1. The maximum atomic E-state index is 13.0. The van der Waals surface area contributed by atoms with Gasteiger partial charge in [0.05, 0.1) is 24.0 Å². The third-order valence-corrected chi connectivity index (χ3v) is 5.40. The number of aliphatic hydroxyl groups excluding tert-OH is 2. The molecule has 1 aliphatic heterocycles. The minimum absolute atomic E-state index is 0.00869. The van der Waals surface area contributed by atoms with Gasteiger partial charge in [-0.05, 0) is 43.2 Å². The van der Waals surface area contributed by atoms with E-state index in [1.165, 1.54) is 6.92 Å². The van der Waals surface area contributed by atoms with Gasteiger partial charge in [0.25, 0.3) is 6.01 Å². The van der Waals surface area contributed by atoms with Crippen LogP contribution in [0.1, 0.15) is 17.5 Å². The molecule has 2 aromatic heterocycles. The van der Waals surface area contributed by atoms with Crippen molar-refractivity contribution in [1.82, 2.24) is 14.9 Å². The molecule has 1 aromatic carbocycles. The number of phenols is 1. The molecule has 2 atom stereocenters. The first-order valence-corrected chi connectivity index (χ1v) is 10.1. The molecule has 172 valence electrons. The van der Waals surface area contributed by atoms with E-state index in [2.05, 4.69) is 15.3 Å². The van der Waals surface area contributed by atoms with Crippen LogP contribution in [0.5, 0.6) is 5.75 Å². The summed E-state index contributed by atoms with van der Waals surface area (Å²) in [7, 11) is 0. The second-order valence-corrected chi connectivity index (χ2v) is 7.94. The number of hydrogen-bond donors (Lipinski definition) is 4. The van der Waals surface area contributed by atoms with E-state index >= 15 is 0 Å². The van der Waals surface area contributed by atoms with Crippen LogP contribution >= 0.6 is 0 Å². The Hall–Kier alpha value is -2.89. The lowest BCUT2D eigenvalue weighted by atomic mass is 10.0. The third-order valence-electron chi connectivity index (χ3n) is 5.40. The number of β-amino-alcohol motifs (C(OH)–C–C–N with tert-alkyl or cyclic N) is 2. The van der Waals surface area contributed by atoms with E-state index in [9.17, 15) is 23.4 Å². The van der Waals surface area contributed by atoms with Gasteiger partial charge in [-0.2, -0.15) is 18.2 Å². The summed E-state index contributed by atoms with van der Waals surface area (Å²) < 4.78 is 44.6. The summed E-state index contributed by atoms with van der Waals surface area (Å²) in [5.41, 5.74) is 0.341. The number of aromatic nitrogens is 2. The zero-order valence-electron chi connectivity index (χ0n) is 17.2. The van der Waals surface area contributed by atoms with Crippen molar-refractivity contribution in [3.63, 3.8) is 0 Å². The topological polar surface area (TPSA) is 115 Å². The van der Waals surface area contributed by atoms with Gasteiger partial charge >= 0.3 is 6.18 Å². The van der Waals surface area contributed by atoms with Crippen LogP contribution in [0, 0.1) is 6.92 Å². The number of anilines is 1. The van der Waals surface area contributed by atoms with E-state index in [1.807, 2.05) is 4.90 Å². The SMILES string of the molecule is Cc1cc(C(F)(F)F)cc(O)c1-c1ccc2oc(N[C@@H]3C[C@H](O)CN(CCO)C3)nc2n1. The molecule has 0 saturated carbocycles. The van der Waals surface area contributed by atoms with Crippen molar-refractivity contribution < 1.29 is 32.9 Å². The Morgan fingerprint density at radius 2 is 2.00 bits per heavy atom. The van der Waals surface area contributed by atoms with Crippen LogP contribution < -0.4 is 5.32 Å². The van der Waals surface area contributed by atoms with Gasteiger partial charge < -0.3 is 25.1 Å². The van der Waals surface area contributed by atoms with Gasteiger partial charge in [-0.15, -0.1) is 0 Å². The lowest BCUT2D eigenvalue weighted by Gasteiger charge is -2.35. The molecule has 32 heavy (non-hydrogen) atoms. The van der Waals surface area contributed by atoms with Crippen molar-refractivity contribution >= 4 is 17.2 Å². The highest BCUT2D eigenvalue weighted by Gasteiger charge is 2.32. The van der Waals surface area contributed by atoms with Gasteiger partial charge in [0.1, 0.15) is 5.75 Å². The molecule has 3 aromatic rings. The number of aliphatic hydroxyl groups is 2. The van der Waals surface area contributed by atoms with Crippen LogP contribution in [-0.4, -0.2) is 68.6 Å². The predicted molar refractivity (Wildman–Crippen MR) is 110 cm³/mol. The molecular weight excluding hydrogens is 429 g/mol. The summed E-state index contributed by atoms with van der Waals surface area (Å²) in [6, 6.07) is 4.81. The van der Waals surface area contributed by atoms with Gasteiger partial charge in [-0.1, -0.05) is 0 Å². The molecule has 0 spiro atoms. The van der Waals surface area contributed by atoms with Crippen molar-refractivity contribution in [2.75, 3.05) is 31.6 Å². The van der Waals surface area contributed by atoms with Gasteiger partial charge in [0, 0.05) is 31.2 Å². The van der Waals surface area contributed by atoms with E-state index in [4.69, 9.17) is 9.52 Å². The van der Waals surface area contributed by atoms with Crippen LogP contribution in [0.25, 0.3) is 22.5 Å². The molecule has 8 nitrogen and oxygen atoms in total. The number of hydrogen-bond acceptors (Lipinski definition) is 8.